The van der Waals surface area contributed by atoms with Gasteiger partial charge in [-0.25, -0.2) is 0 Å². The third kappa shape index (κ3) is 1.79. The molecular weight excluding hydrogens is 192 g/mol. The van der Waals surface area contributed by atoms with E-state index in [1.807, 2.05) is 18.2 Å². The Kier molecular flexibility index (Phi) is 2.33. The molecule has 0 aliphatic carbocycles. The molecule has 1 heterocycles. The molecule has 0 unspecified atom stereocenters. The van der Waals surface area contributed by atoms with Gasteiger partial charge in [0.25, 0.3) is 0 Å². The fourth-order valence-electron chi connectivity index (χ4n) is 1.63. The molecule has 0 aliphatic rings. The number of primary amides is 1. The highest BCUT2D eigenvalue weighted by Crippen LogP contribution is 2.23. The van der Waals surface area contributed by atoms with Crippen LogP contribution in [0.1, 0.15) is 5.56 Å². The Labute approximate surface area is 87.0 Å². The number of nitrogens with one attached hydrogen (secondary N) is 1. The molecule has 0 aliphatic heterocycles. The molecule has 3 N–H and O–H groups in total. The van der Waals surface area contributed by atoms with E-state index in [2.05, 4.69) is 4.98 Å². The van der Waals surface area contributed by atoms with Crippen LogP contribution in [0.3, 0.4) is 0 Å². The number of fused-ring (bicyclic) bond motifs is 1. The molecule has 0 bridgehead atoms. The normalized spacial score (nSPS) is 10.5. The van der Waals surface area contributed by atoms with Crippen molar-refractivity contribution in [3.05, 3.63) is 30.0 Å². The molecule has 0 saturated heterocycles. The van der Waals surface area contributed by atoms with Gasteiger partial charge in [-0.05, 0) is 17.7 Å². The molecular formula is C11H12N2O2. The molecule has 0 radical (unpaired) electrons. The Balaban J connectivity index is 2.47. The van der Waals surface area contributed by atoms with Crippen LogP contribution in [0, 0.1) is 0 Å². The quantitative estimate of drug-likeness (QED) is 0.788. The van der Waals surface area contributed by atoms with Crippen LogP contribution in [0.4, 0.5) is 0 Å². The van der Waals surface area contributed by atoms with Crippen molar-refractivity contribution < 1.29 is 9.53 Å². The summed E-state index contributed by atoms with van der Waals surface area (Å²) < 4.78 is 5.10. The molecule has 2 rings (SSSR count). The standard InChI is InChI=1S/C11H12N2O2/c1-15-8-2-3-9-7(4-11(12)14)6-13-10(9)5-8/h2-3,5-6,13H,4H2,1H3,(H2,12,14). The Morgan fingerprint density at radius 2 is 2.33 bits per heavy atom. The van der Waals surface area contributed by atoms with Crippen molar-refractivity contribution >= 4 is 16.8 Å². The van der Waals surface area contributed by atoms with E-state index in [4.69, 9.17) is 10.5 Å². The molecule has 78 valence electrons. The summed E-state index contributed by atoms with van der Waals surface area (Å²) in [6.07, 6.45) is 2.06. The summed E-state index contributed by atoms with van der Waals surface area (Å²) in [4.78, 5) is 13.9. The zero-order chi connectivity index (χ0) is 10.8. The van der Waals surface area contributed by atoms with E-state index in [0.717, 1.165) is 22.2 Å². The van der Waals surface area contributed by atoms with Crippen molar-refractivity contribution in [3.8, 4) is 5.75 Å². The van der Waals surface area contributed by atoms with Crippen molar-refractivity contribution in [2.24, 2.45) is 5.73 Å². The average Bonchev–Trinajstić information content (AvgIpc) is 2.60. The summed E-state index contributed by atoms with van der Waals surface area (Å²) in [5.74, 6) is 0.460. The first-order valence-corrected chi connectivity index (χ1v) is 4.63. The number of aromatic nitrogens is 1. The second kappa shape index (κ2) is 3.65. The van der Waals surface area contributed by atoms with E-state index in [-0.39, 0.29) is 12.3 Å². The van der Waals surface area contributed by atoms with Gasteiger partial charge in [-0.2, -0.15) is 0 Å². The number of amides is 1. The summed E-state index contributed by atoms with van der Waals surface area (Å²) in [5.41, 5.74) is 7.02. The number of hydrogen-bond donors (Lipinski definition) is 2. The highest BCUT2D eigenvalue weighted by atomic mass is 16.5. The Bertz CT molecular complexity index is 502. The maximum absolute atomic E-state index is 10.8. The highest BCUT2D eigenvalue weighted by Gasteiger charge is 2.06. The Morgan fingerprint density at radius 3 is 3.00 bits per heavy atom. The molecule has 0 atom stereocenters. The number of carbonyl (C=O) groups is 1. The predicted octanol–water partition coefficient (Wildman–Crippen LogP) is 1.20. The van der Waals surface area contributed by atoms with Gasteiger partial charge in [0.05, 0.1) is 13.5 Å². The minimum Gasteiger partial charge on any atom is -0.497 e. The van der Waals surface area contributed by atoms with Gasteiger partial charge in [-0.1, -0.05) is 0 Å². The lowest BCUT2D eigenvalue weighted by atomic mass is 10.1. The zero-order valence-corrected chi connectivity index (χ0v) is 8.41. The van der Waals surface area contributed by atoms with Gasteiger partial charge < -0.3 is 15.5 Å². The van der Waals surface area contributed by atoms with Crippen LogP contribution >= 0.6 is 0 Å². The van der Waals surface area contributed by atoms with Gasteiger partial charge in [-0.3, -0.25) is 4.79 Å². The molecule has 0 saturated carbocycles. The van der Waals surface area contributed by atoms with Crippen molar-refractivity contribution in [1.82, 2.24) is 4.98 Å². The van der Waals surface area contributed by atoms with Crippen LogP contribution in [0.2, 0.25) is 0 Å². The molecule has 0 fully saturated rings. The molecule has 1 aromatic carbocycles. The smallest absolute Gasteiger partial charge is 0.221 e. The zero-order valence-electron chi connectivity index (χ0n) is 8.41. The Hall–Kier alpha value is -1.97. The molecule has 4 heteroatoms. The molecule has 0 spiro atoms. The summed E-state index contributed by atoms with van der Waals surface area (Å²) >= 11 is 0. The lowest BCUT2D eigenvalue weighted by Crippen LogP contribution is -2.13. The van der Waals surface area contributed by atoms with Crippen LogP contribution in [0.25, 0.3) is 10.9 Å². The summed E-state index contributed by atoms with van der Waals surface area (Å²) in [5, 5.41) is 1.01. The molecule has 15 heavy (non-hydrogen) atoms. The minimum atomic E-state index is -0.327. The molecule has 2 aromatic rings. The number of H-pyrrole nitrogens is 1. The van der Waals surface area contributed by atoms with E-state index in [1.54, 1.807) is 13.3 Å². The topological polar surface area (TPSA) is 68.1 Å². The maximum Gasteiger partial charge on any atom is 0.221 e. The number of nitrogens with two attached hydrogens (primary N) is 1. The lowest BCUT2D eigenvalue weighted by Gasteiger charge is -1.99. The van der Waals surface area contributed by atoms with Gasteiger partial charge in [0.1, 0.15) is 5.75 Å². The predicted molar refractivity (Wildman–Crippen MR) is 57.7 cm³/mol. The number of methoxy groups -OCH3 is 1. The number of rotatable bonds is 3. The van der Waals surface area contributed by atoms with Crippen molar-refractivity contribution in [3.63, 3.8) is 0 Å². The molecule has 1 aromatic heterocycles. The van der Waals surface area contributed by atoms with Gasteiger partial charge >= 0.3 is 0 Å². The minimum absolute atomic E-state index is 0.256. The highest BCUT2D eigenvalue weighted by molar-refractivity contribution is 5.89. The van der Waals surface area contributed by atoms with Crippen molar-refractivity contribution in [2.45, 2.75) is 6.42 Å². The average molecular weight is 204 g/mol. The molecule has 1 amide bonds. The Morgan fingerprint density at radius 1 is 1.53 bits per heavy atom. The summed E-state index contributed by atoms with van der Waals surface area (Å²) in [7, 11) is 1.62. The van der Waals surface area contributed by atoms with Crippen molar-refractivity contribution in [2.75, 3.05) is 7.11 Å². The van der Waals surface area contributed by atoms with Crippen LogP contribution < -0.4 is 10.5 Å². The van der Waals surface area contributed by atoms with E-state index in [9.17, 15) is 4.79 Å². The van der Waals surface area contributed by atoms with E-state index in [1.165, 1.54) is 0 Å². The third-order valence-electron chi connectivity index (χ3n) is 2.34. The van der Waals surface area contributed by atoms with Gasteiger partial charge in [0, 0.05) is 23.2 Å². The summed E-state index contributed by atoms with van der Waals surface area (Å²) in [6, 6.07) is 5.67. The van der Waals surface area contributed by atoms with Crippen LogP contribution in [0.5, 0.6) is 5.75 Å². The first kappa shape index (κ1) is 9.58. The fourth-order valence-corrected chi connectivity index (χ4v) is 1.63. The first-order valence-electron chi connectivity index (χ1n) is 4.63. The van der Waals surface area contributed by atoms with Crippen LogP contribution in [-0.2, 0) is 11.2 Å². The third-order valence-corrected chi connectivity index (χ3v) is 2.34. The second-order valence-corrected chi connectivity index (χ2v) is 3.37. The van der Waals surface area contributed by atoms with Crippen LogP contribution in [0.15, 0.2) is 24.4 Å². The number of aromatic amines is 1. The second-order valence-electron chi connectivity index (χ2n) is 3.37. The van der Waals surface area contributed by atoms with E-state index in [0.29, 0.717) is 0 Å². The van der Waals surface area contributed by atoms with Gasteiger partial charge in [-0.15, -0.1) is 0 Å². The van der Waals surface area contributed by atoms with Crippen molar-refractivity contribution in [1.29, 1.82) is 0 Å². The fraction of sp³-hybridized carbons (Fsp3) is 0.182. The monoisotopic (exact) mass is 204 g/mol. The lowest BCUT2D eigenvalue weighted by molar-refractivity contribution is -0.117. The first-order chi connectivity index (χ1) is 7.20. The van der Waals surface area contributed by atoms with Gasteiger partial charge in [0.15, 0.2) is 0 Å². The van der Waals surface area contributed by atoms with E-state index >= 15 is 0 Å². The largest absolute Gasteiger partial charge is 0.497 e. The SMILES string of the molecule is COc1ccc2c(CC(N)=O)c[nH]c2c1. The molecule has 4 nitrogen and oxygen atoms in total. The number of hydrogen-bond acceptors (Lipinski definition) is 2. The van der Waals surface area contributed by atoms with Crippen LogP contribution in [-0.4, -0.2) is 18.0 Å². The van der Waals surface area contributed by atoms with E-state index < -0.39 is 0 Å². The number of benzene rings is 1. The summed E-state index contributed by atoms with van der Waals surface area (Å²) in [6.45, 7) is 0. The number of carbonyl (C=O) groups excluding carboxylic acids is 1. The maximum atomic E-state index is 10.8. The van der Waals surface area contributed by atoms with Gasteiger partial charge in [0.2, 0.25) is 5.91 Å². The number of ether oxygens (including phenoxy) is 1.